The molecule has 0 aliphatic heterocycles. The Morgan fingerprint density at radius 2 is 1.70 bits per heavy atom. The summed E-state index contributed by atoms with van der Waals surface area (Å²) in [7, 11) is 0. The zero-order chi connectivity index (χ0) is 18.2. The number of hydrogen-bond donors (Lipinski definition) is 5. The lowest BCUT2D eigenvalue weighted by atomic mass is 10.0. The molecule has 6 N–H and O–H groups in total. The number of hydrogen-bond acceptors (Lipinski definition) is 6. The summed E-state index contributed by atoms with van der Waals surface area (Å²) in [5.41, 5.74) is 5.75. The lowest BCUT2D eigenvalue weighted by Gasteiger charge is -2.24. The van der Waals surface area contributed by atoms with Gasteiger partial charge in [-0.2, -0.15) is 11.8 Å². The van der Waals surface area contributed by atoms with Gasteiger partial charge in [0.25, 0.3) is 0 Å². The third-order valence-corrected chi connectivity index (χ3v) is 3.95. The number of carboxylic acid groups (broad SMARTS) is 1. The Kier molecular flexibility index (Phi) is 9.85. The quantitative estimate of drug-likeness (QED) is 0.346. The van der Waals surface area contributed by atoms with E-state index in [0.29, 0.717) is 12.2 Å². The Hall–Kier alpha value is -1.32. The van der Waals surface area contributed by atoms with E-state index in [4.69, 9.17) is 10.8 Å². The van der Waals surface area contributed by atoms with Crippen LogP contribution >= 0.6 is 11.8 Å². The van der Waals surface area contributed by atoms with Crippen LogP contribution in [-0.4, -0.2) is 64.2 Å². The van der Waals surface area contributed by atoms with Crippen molar-refractivity contribution in [2.24, 2.45) is 11.7 Å². The van der Waals surface area contributed by atoms with Crippen molar-refractivity contribution in [3.8, 4) is 0 Å². The SMILES string of the molecule is CSCC[C@H](NC(=O)[C@@H](N)C(C)C)C(=O)N[C@H](C(=O)O)[C@@H](C)O. The number of amides is 2. The zero-order valence-corrected chi connectivity index (χ0v) is 14.7. The van der Waals surface area contributed by atoms with Gasteiger partial charge >= 0.3 is 5.97 Å². The highest BCUT2D eigenvalue weighted by molar-refractivity contribution is 7.98. The number of rotatable bonds is 10. The number of thioether (sulfide) groups is 1. The number of carboxylic acids is 1. The van der Waals surface area contributed by atoms with Crippen LogP contribution in [0.4, 0.5) is 0 Å². The van der Waals surface area contributed by atoms with Crippen molar-refractivity contribution in [3.63, 3.8) is 0 Å². The van der Waals surface area contributed by atoms with Gasteiger partial charge in [0.05, 0.1) is 12.1 Å². The summed E-state index contributed by atoms with van der Waals surface area (Å²) in [5, 5.41) is 23.2. The van der Waals surface area contributed by atoms with Crippen LogP contribution in [0.3, 0.4) is 0 Å². The summed E-state index contributed by atoms with van der Waals surface area (Å²) >= 11 is 1.49. The highest BCUT2D eigenvalue weighted by Crippen LogP contribution is 2.05. The van der Waals surface area contributed by atoms with Gasteiger partial charge in [-0.25, -0.2) is 4.79 Å². The monoisotopic (exact) mass is 349 g/mol. The predicted molar refractivity (Wildman–Crippen MR) is 89.0 cm³/mol. The molecule has 0 aliphatic carbocycles. The molecule has 0 rings (SSSR count). The van der Waals surface area contributed by atoms with E-state index in [9.17, 15) is 19.5 Å². The van der Waals surface area contributed by atoms with Gasteiger partial charge in [0.1, 0.15) is 6.04 Å². The number of aliphatic hydroxyl groups excluding tert-OH is 1. The van der Waals surface area contributed by atoms with Crippen LogP contribution in [0.2, 0.25) is 0 Å². The van der Waals surface area contributed by atoms with E-state index < -0.39 is 42.0 Å². The Labute approximate surface area is 140 Å². The molecule has 0 heterocycles. The molecule has 0 aromatic heterocycles. The molecule has 23 heavy (non-hydrogen) atoms. The van der Waals surface area contributed by atoms with Crippen LogP contribution in [0.1, 0.15) is 27.2 Å². The highest BCUT2D eigenvalue weighted by atomic mass is 32.2. The van der Waals surface area contributed by atoms with Gasteiger partial charge in [-0.3, -0.25) is 9.59 Å². The summed E-state index contributed by atoms with van der Waals surface area (Å²) in [6.45, 7) is 4.84. The number of nitrogens with two attached hydrogens (primary N) is 1. The Morgan fingerprint density at radius 1 is 1.13 bits per heavy atom. The molecule has 8 nitrogen and oxygen atoms in total. The standard InChI is InChI=1S/C14H27N3O5S/c1-7(2)10(15)13(20)16-9(5-6-23-4)12(19)17-11(8(3)18)14(21)22/h7-11,18H,5-6,15H2,1-4H3,(H,16,20)(H,17,19)(H,21,22)/t8-,9+,10+,11+/m1/s1. The summed E-state index contributed by atoms with van der Waals surface area (Å²) in [4.78, 5) is 35.3. The molecule has 0 aromatic rings. The van der Waals surface area contributed by atoms with Crippen LogP contribution in [0.25, 0.3) is 0 Å². The maximum atomic E-state index is 12.2. The minimum atomic E-state index is -1.44. The molecule has 2 amide bonds. The number of carbonyl (C=O) groups excluding carboxylic acids is 2. The second-order valence-corrected chi connectivity index (χ2v) is 6.66. The molecule has 0 unspecified atom stereocenters. The summed E-state index contributed by atoms with van der Waals surface area (Å²) in [6, 6.07) is -3.10. The molecule has 0 radical (unpaired) electrons. The van der Waals surface area contributed by atoms with Crippen LogP contribution in [0, 0.1) is 5.92 Å². The maximum absolute atomic E-state index is 12.2. The summed E-state index contributed by atoms with van der Waals surface area (Å²) in [5.74, 6) is -1.96. The highest BCUT2D eigenvalue weighted by Gasteiger charge is 2.30. The van der Waals surface area contributed by atoms with Crippen LogP contribution < -0.4 is 16.4 Å². The third kappa shape index (κ3) is 7.67. The molecule has 0 aromatic carbocycles. The number of nitrogens with one attached hydrogen (secondary N) is 2. The van der Waals surface area contributed by atoms with E-state index in [1.165, 1.54) is 18.7 Å². The lowest BCUT2D eigenvalue weighted by Crippen LogP contribution is -2.57. The molecule has 0 fully saturated rings. The second-order valence-electron chi connectivity index (χ2n) is 5.68. The largest absolute Gasteiger partial charge is 0.480 e. The molecular formula is C14H27N3O5S. The van der Waals surface area contributed by atoms with Gasteiger partial charge in [0.15, 0.2) is 6.04 Å². The zero-order valence-electron chi connectivity index (χ0n) is 13.9. The van der Waals surface area contributed by atoms with Crippen LogP contribution in [0.15, 0.2) is 0 Å². The van der Waals surface area contributed by atoms with Crippen molar-refractivity contribution >= 4 is 29.5 Å². The van der Waals surface area contributed by atoms with Gasteiger partial charge in [-0.1, -0.05) is 13.8 Å². The first-order valence-corrected chi connectivity index (χ1v) is 8.77. The fourth-order valence-electron chi connectivity index (χ4n) is 1.72. The van der Waals surface area contributed by atoms with Gasteiger partial charge in [-0.15, -0.1) is 0 Å². The van der Waals surface area contributed by atoms with Crippen LogP contribution in [-0.2, 0) is 14.4 Å². The molecule has 0 bridgehead atoms. The topological polar surface area (TPSA) is 142 Å². The molecule has 134 valence electrons. The molecule has 0 saturated heterocycles. The van der Waals surface area contributed by atoms with Crippen molar-refractivity contribution in [3.05, 3.63) is 0 Å². The fourth-order valence-corrected chi connectivity index (χ4v) is 2.19. The average Bonchev–Trinajstić information content (AvgIpc) is 2.46. The van der Waals surface area contributed by atoms with E-state index >= 15 is 0 Å². The Bertz CT molecular complexity index is 417. The van der Waals surface area contributed by atoms with Crippen molar-refractivity contribution in [2.45, 2.75) is 51.4 Å². The number of carbonyl (C=O) groups is 3. The van der Waals surface area contributed by atoms with Crippen molar-refractivity contribution in [1.82, 2.24) is 10.6 Å². The van der Waals surface area contributed by atoms with Crippen molar-refractivity contribution in [1.29, 1.82) is 0 Å². The Morgan fingerprint density at radius 3 is 2.09 bits per heavy atom. The first-order valence-electron chi connectivity index (χ1n) is 7.37. The maximum Gasteiger partial charge on any atom is 0.328 e. The van der Waals surface area contributed by atoms with E-state index in [1.807, 2.05) is 6.26 Å². The summed E-state index contributed by atoms with van der Waals surface area (Å²) < 4.78 is 0. The van der Waals surface area contributed by atoms with E-state index in [2.05, 4.69) is 10.6 Å². The molecule has 4 atom stereocenters. The lowest BCUT2D eigenvalue weighted by molar-refractivity contribution is -0.145. The van der Waals surface area contributed by atoms with Gasteiger partial charge < -0.3 is 26.6 Å². The normalized spacial score (nSPS) is 16.3. The summed E-state index contributed by atoms with van der Waals surface area (Å²) in [6.07, 6.45) is 0.925. The van der Waals surface area contributed by atoms with Gasteiger partial charge in [-0.05, 0) is 31.3 Å². The Balaban J connectivity index is 4.97. The molecular weight excluding hydrogens is 322 g/mol. The minimum absolute atomic E-state index is 0.0940. The van der Waals surface area contributed by atoms with E-state index in [1.54, 1.807) is 13.8 Å². The van der Waals surface area contributed by atoms with Gasteiger partial charge in [0, 0.05) is 0 Å². The van der Waals surface area contributed by atoms with Crippen molar-refractivity contribution < 1.29 is 24.6 Å². The predicted octanol–water partition coefficient (Wildman–Crippen LogP) is -0.842. The molecule has 0 spiro atoms. The molecule has 0 aliphatic rings. The number of aliphatic hydroxyl groups is 1. The first-order chi connectivity index (χ1) is 10.6. The van der Waals surface area contributed by atoms with Crippen LogP contribution in [0.5, 0.6) is 0 Å². The first kappa shape index (κ1) is 21.7. The minimum Gasteiger partial charge on any atom is -0.480 e. The van der Waals surface area contributed by atoms with E-state index in [-0.39, 0.29) is 5.92 Å². The van der Waals surface area contributed by atoms with E-state index in [0.717, 1.165) is 0 Å². The molecule has 9 heteroatoms. The smallest absolute Gasteiger partial charge is 0.328 e. The fraction of sp³-hybridized carbons (Fsp3) is 0.786. The van der Waals surface area contributed by atoms with Crippen molar-refractivity contribution in [2.75, 3.05) is 12.0 Å². The average molecular weight is 349 g/mol. The molecule has 0 saturated carbocycles. The third-order valence-electron chi connectivity index (χ3n) is 3.31. The second kappa shape index (κ2) is 10.5. The number of aliphatic carboxylic acids is 1. The van der Waals surface area contributed by atoms with Gasteiger partial charge in [0.2, 0.25) is 11.8 Å².